The van der Waals surface area contributed by atoms with Crippen molar-refractivity contribution in [2.45, 2.75) is 19.9 Å². The Morgan fingerprint density at radius 3 is 1.69 bits per heavy atom. The predicted molar refractivity (Wildman–Crippen MR) is 57.8 cm³/mol. The first-order valence-corrected chi connectivity index (χ1v) is 4.86. The fraction of sp³-hybridized carbons (Fsp3) is 0.667. The minimum Gasteiger partial charge on any atom is -0.368 e. The third-order valence-electron chi connectivity index (χ3n) is 2.01. The van der Waals surface area contributed by atoms with Crippen LogP contribution in [0, 0.1) is 5.92 Å². The first kappa shape index (κ1) is 14.4. The Labute approximate surface area is 93.9 Å². The first-order valence-electron chi connectivity index (χ1n) is 4.86. The fourth-order valence-electron chi connectivity index (χ4n) is 1.08. The van der Waals surface area contributed by atoms with Gasteiger partial charge < -0.3 is 22.1 Å². The van der Waals surface area contributed by atoms with Crippen molar-refractivity contribution in [1.29, 1.82) is 0 Å². The summed E-state index contributed by atoms with van der Waals surface area (Å²) in [5.74, 6) is -2.04. The smallest absolute Gasteiger partial charge is 0.240 e. The molecule has 0 aliphatic rings. The first-order chi connectivity index (χ1) is 7.25. The molecule has 0 bridgehead atoms. The van der Waals surface area contributed by atoms with E-state index in [1.165, 1.54) is 0 Å². The van der Waals surface area contributed by atoms with Crippen LogP contribution in [0.4, 0.5) is 0 Å². The van der Waals surface area contributed by atoms with Crippen molar-refractivity contribution in [3.05, 3.63) is 0 Å². The molecule has 0 aliphatic heterocycles. The van der Waals surface area contributed by atoms with Gasteiger partial charge in [0, 0.05) is 0 Å². The van der Waals surface area contributed by atoms with Crippen LogP contribution in [0.25, 0.3) is 0 Å². The predicted octanol–water partition coefficient (Wildman–Crippen LogP) is -2.23. The Kier molecular flexibility index (Phi) is 5.44. The fourth-order valence-corrected chi connectivity index (χ4v) is 1.08. The zero-order chi connectivity index (χ0) is 12.9. The highest BCUT2D eigenvalue weighted by Crippen LogP contribution is 2.03. The van der Waals surface area contributed by atoms with E-state index in [0.29, 0.717) is 0 Å². The SMILES string of the molecule is CC(C)[C@@H](N)C(=O)N(CC(N)=O)CC(N)=O. The molecule has 16 heavy (non-hydrogen) atoms. The van der Waals surface area contributed by atoms with Crippen LogP contribution in [0.2, 0.25) is 0 Å². The standard InChI is InChI=1S/C9H18N4O3/c1-5(2)8(12)9(16)13(3-6(10)14)4-7(11)15/h5,8H,3-4,12H2,1-2H3,(H2,10,14)(H2,11,15)/t8-/m1/s1. The number of nitrogens with zero attached hydrogens (tertiary/aromatic N) is 1. The molecule has 0 fully saturated rings. The molecule has 0 radical (unpaired) electrons. The lowest BCUT2D eigenvalue weighted by atomic mass is 10.0. The lowest BCUT2D eigenvalue weighted by Gasteiger charge is -2.24. The maximum atomic E-state index is 11.7. The summed E-state index contributed by atoms with van der Waals surface area (Å²) < 4.78 is 0. The third-order valence-corrected chi connectivity index (χ3v) is 2.01. The monoisotopic (exact) mass is 230 g/mol. The Balaban J connectivity index is 4.67. The molecule has 0 aromatic rings. The number of carbonyl (C=O) groups is 3. The molecule has 0 rings (SSSR count). The molecule has 1 atom stereocenters. The highest BCUT2D eigenvalue weighted by molar-refractivity contribution is 5.90. The van der Waals surface area contributed by atoms with E-state index in [-0.39, 0.29) is 19.0 Å². The molecule has 0 spiro atoms. The summed E-state index contributed by atoms with van der Waals surface area (Å²) in [6, 6.07) is -0.779. The van der Waals surface area contributed by atoms with Crippen molar-refractivity contribution in [3.8, 4) is 0 Å². The summed E-state index contributed by atoms with van der Waals surface area (Å²) in [5.41, 5.74) is 15.5. The van der Waals surface area contributed by atoms with Crippen LogP contribution in [0.1, 0.15) is 13.8 Å². The van der Waals surface area contributed by atoms with Crippen LogP contribution in [0.5, 0.6) is 0 Å². The van der Waals surface area contributed by atoms with Gasteiger partial charge in [0.2, 0.25) is 17.7 Å². The van der Waals surface area contributed by atoms with Gasteiger partial charge in [-0.2, -0.15) is 0 Å². The van der Waals surface area contributed by atoms with E-state index in [1.54, 1.807) is 13.8 Å². The van der Waals surface area contributed by atoms with Crippen LogP contribution in [0.15, 0.2) is 0 Å². The summed E-state index contributed by atoms with van der Waals surface area (Å²) >= 11 is 0. The molecule has 0 unspecified atom stereocenters. The minimum absolute atomic E-state index is 0.101. The van der Waals surface area contributed by atoms with Gasteiger partial charge in [0.1, 0.15) is 0 Å². The maximum Gasteiger partial charge on any atom is 0.240 e. The Morgan fingerprint density at radius 1 is 1.06 bits per heavy atom. The lowest BCUT2D eigenvalue weighted by Crippen LogP contribution is -2.51. The number of nitrogens with two attached hydrogens (primary N) is 3. The minimum atomic E-state index is -0.779. The van der Waals surface area contributed by atoms with Crippen LogP contribution >= 0.6 is 0 Å². The molecular formula is C9H18N4O3. The van der Waals surface area contributed by atoms with Crippen molar-refractivity contribution in [2.75, 3.05) is 13.1 Å². The Bertz CT molecular complexity index is 274. The van der Waals surface area contributed by atoms with E-state index >= 15 is 0 Å². The summed E-state index contributed by atoms with van der Waals surface area (Å²) in [4.78, 5) is 34.2. The van der Waals surface area contributed by atoms with E-state index in [9.17, 15) is 14.4 Å². The van der Waals surface area contributed by atoms with Crippen LogP contribution < -0.4 is 17.2 Å². The van der Waals surface area contributed by atoms with Gasteiger partial charge in [0.15, 0.2) is 0 Å². The van der Waals surface area contributed by atoms with Crippen molar-refractivity contribution < 1.29 is 14.4 Å². The van der Waals surface area contributed by atoms with Crippen molar-refractivity contribution >= 4 is 17.7 Å². The van der Waals surface area contributed by atoms with Gasteiger partial charge >= 0.3 is 0 Å². The average molecular weight is 230 g/mol. The largest absolute Gasteiger partial charge is 0.368 e. The number of hydrogen-bond donors (Lipinski definition) is 3. The van der Waals surface area contributed by atoms with Crippen molar-refractivity contribution in [3.63, 3.8) is 0 Å². The van der Waals surface area contributed by atoms with Crippen molar-refractivity contribution in [1.82, 2.24) is 4.90 Å². The van der Waals surface area contributed by atoms with Gasteiger partial charge in [-0.3, -0.25) is 14.4 Å². The number of hydrogen-bond acceptors (Lipinski definition) is 4. The molecule has 7 nitrogen and oxygen atoms in total. The lowest BCUT2D eigenvalue weighted by molar-refractivity contribution is -0.139. The molecule has 0 aromatic heterocycles. The van der Waals surface area contributed by atoms with Crippen LogP contribution in [-0.4, -0.2) is 41.8 Å². The van der Waals surface area contributed by atoms with Gasteiger partial charge in [-0.25, -0.2) is 0 Å². The second-order valence-corrected chi connectivity index (χ2v) is 3.90. The highest BCUT2D eigenvalue weighted by Gasteiger charge is 2.25. The van der Waals surface area contributed by atoms with E-state index in [2.05, 4.69) is 0 Å². The van der Waals surface area contributed by atoms with Crippen LogP contribution in [0.3, 0.4) is 0 Å². The molecule has 7 heteroatoms. The van der Waals surface area contributed by atoms with Gasteiger partial charge in [-0.1, -0.05) is 13.8 Å². The molecule has 0 heterocycles. The molecule has 3 amide bonds. The molecule has 0 saturated heterocycles. The zero-order valence-electron chi connectivity index (χ0n) is 9.47. The maximum absolute atomic E-state index is 11.7. The van der Waals surface area contributed by atoms with Crippen molar-refractivity contribution in [2.24, 2.45) is 23.1 Å². The van der Waals surface area contributed by atoms with Gasteiger partial charge in [-0.15, -0.1) is 0 Å². The normalized spacial score (nSPS) is 12.2. The van der Waals surface area contributed by atoms with Gasteiger partial charge in [0.25, 0.3) is 0 Å². The topological polar surface area (TPSA) is 133 Å². The molecule has 0 aliphatic carbocycles. The highest BCUT2D eigenvalue weighted by atomic mass is 16.2. The number of amides is 3. The summed E-state index contributed by atoms with van der Waals surface area (Å²) in [6.45, 7) is 2.80. The zero-order valence-corrected chi connectivity index (χ0v) is 9.47. The van der Waals surface area contributed by atoms with Gasteiger partial charge in [-0.05, 0) is 5.92 Å². The average Bonchev–Trinajstić information content (AvgIpc) is 2.12. The Hall–Kier alpha value is -1.63. The third kappa shape index (κ3) is 4.74. The van der Waals surface area contributed by atoms with E-state index < -0.39 is 23.8 Å². The molecule has 0 aromatic carbocycles. The molecular weight excluding hydrogens is 212 g/mol. The number of rotatable bonds is 6. The summed E-state index contributed by atoms with van der Waals surface area (Å²) in [7, 11) is 0. The Morgan fingerprint density at radius 2 is 1.44 bits per heavy atom. The molecule has 6 N–H and O–H groups in total. The van der Waals surface area contributed by atoms with Gasteiger partial charge in [0.05, 0.1) is 19.1 Å². The molecule has 92 valence electrons. The second-order valence-electron chi connectivity index (χ2n) is 3.90. The second kappa shape index (κ2) is 6.06. The number of carbonyl (C=O) groups excluding carboxylic acids is 3. The summed E-state index contributed by atoms with van der Waals surface area (Å²) in [5, 5.41) is 0. The van der Waals surface area contributed by atoms with E-state index in [0.717, 1.165) is 4.90 Å². The van der Waals surface area contributed by atoms with E-state index in [1.807, 2.05) is 0 Å². The quantitative estimate of drug-likeness (QED) is 0.476. The van der Waals surface area contributed by atoms with Crippen LogP contribution in [-0.2, 0) is 14.4 Å². The number of primary amides is 2. The van der Waals surface area contributed by atoms with E-state index in [4.69, 9.17) is 17.2 Å². The molecule has 0 saturated carbocycles. The summed E-state index contributed by atoms with van der Waals surface area (Å²) in [6.07, 6.45) is 0.